The molecule has 1 saturated heterocycles. The van der Waals surface area contributed by atoms with Crippen LogP contribution in [0.5, 0.6) is 0 Å². The van der Waals surface area contributed by atoms with E-state index in [1.807, 2.05) is 6.82 Å². The van der Waals surface area contributed by atoms with E-state index >= 15 is 0 Å². The van der Waals surface area contributed by atoms with E-state index in [1.165, 1.54) is 25.7 Å². The van der Waals surface area contributed by atoms with Crippen molar-refractivity contribution in [2.75, 3.05) is 0 Å². The molecule has 0 unspecified atom stereocenters. The first-order chi connectivity index (χ1) is 7.24. The quantitative estimate of drug-likeness (QED) is 0.583. The van der Waals surface area contributed by atoms with Crippen LogP contribution in [0.1, 0.15) is 60.3 Å². The first-order valence-corrected chi connectivity index (χ1v) is 6.60. The summed E-state index contributed by atoms with van der Waals surface area (Å²) < 4.78 is 11.1. The van der Waals surface area contributed by atoms with Gasteiger partial charge in [-0.1, -0.05) is 32.6 Å². The SMILES string of the molecule is CB1OC(C)(C)C(C)(C)O1.CC1CCCC1. The molecule has 0 N–H and O–H groups in total. The first kappa shape index (κ1) is 14.0. The lowest BCUT2D eigenvalue weighted by molar-refractivity contribution is 0.00578. The van der Waals surface area contributed by atoms with Gasteiger partial charge in [0.2, 0.25) is 0 Å². The molecule has 2 nitrogen and oxygen atoms in total. The number of hydrogen-bond acceptors (Lipinski definition) is 2. The van der Waals surface area contributed by atoms with Gasteiger partial charge in [-0.15, -0.1) is 0 Å². The van der Waals surface area contributed by atoms with Crippen LogP contribution in [0, 0.1) is 5.92 Å². The third-order valence-electron chi connectivity index (χ3n) is 4.01. The zero-order valence-electron chi connectivity index (χ0n) is 11.8. The zero-order chi connectivity index (χ0) is 12.4. The Labute approximate surface area is 101 Å². The van der Waals surface area contributed by atoms with E-state index in [2.05, 4.69) is 34.6 Å². The Hall–Kier alpha value is -0.0151. The van der Waals surface area contributed by atoms with Gasteiger partial charge in [0.05, 0.1) is 11.2 Å². The van der Waals surface area contributed by atoms with Gasteiger partial charge in [0, 0.05) is 0 Å². The summed E-state index contributed by atoms with van der Waals surface area (Å²) in [5.41, 5.74) is -0.321. The smallest absolute Gasteiger partial charge is 0.403 e. The molecule has 1 heterocycles. The van der Waals surface area contributed by atoms with E-state index in [9.17, 15) is 0 Å². The molecule has 3 heteroatoms. The molecule has 0 spiro atoms. The second-order valence-electron chi connectivity index (χ2n) is 6.21. The standard InChI is InChI=1S/C7H15BO2.C6H12/c1-6(2)7(3,4)10-8(5)9-6;1-6-4-2-3-5-6/h1-5H3;6H,2-5H2,1H3. The molecule has 2 fully saturated rings. The minimum absolute atomic E-state index is 0.0648. The van der Waals surface area contributed by atoms with E-state index in [0.29, 0.717) is 0 Å². The summed E-state index contributed by atoms with van der Waals surface area (Å²) >= 11 is 0. The maximum atomic E-state index is 5.54. The van der Waals surface area contributed by atoms with Crippen molar-refractivity contribution in [2.45, 2.75) is 78.3 Å². The number of hydrogen-bond donors (Lipinski definition) is 0. The average molecular weight is 226 g/mol. The summed E-state index contributed by atoms with van der Waals surface area (Å²) in [6, 6.07) is 0. The fourth-order valence-corrected chi connectivity index (χ4v) is 2.27. The normalized spacial score (nSPS) is 27.8. The molecule has 0 amide bonds. The van der Waals surface area contributed by atoms with Gasteiger partial charge in [-0.2, -0.15) is 0 Å². The molecular weight excluding hydrogens is 199 g/mol. The first-order valence-electron chi connectivity index (χ1n) is 6.60. The highest BCUT2D eigenvalue weighted by Gasteiger charge is 2.48. The van der Waals surface area contributed by atoms with Crippen molar-refractivity contribution in [3.8, 4) is 0 Å². The van der Waals surface area contributed by atoms with Crippen molar-refractivity contribution in [1.82, 2.24) is 0 Å². The van der Waals surface area contributed by atoms with Gasteiger partial charge in [0.25, 0.3) is 0 Å². The Morgan fingerprint density at radius 1 is 0.938 bits per heavy atom. The molecule has 0 aromatic heterocycles. The zero-order valence-corrected chi connectivity index (χ0v) is 11.8. The summed E-state index contributed by atoms with van der Waals surface area (Å²) in [7, 11) is -0.0648. The molecule has 1 saturated carbocycles. The number of rotatable bonds is 0. The van der Waals surface area contributed by atoms with Gasteiger partial charge in [-0.3, -0.25) is 0 Å². The summed E-state index contributed by atoms with van der Waals surface area (Å²) in [5.74, 6) is 1.05. The monoisotopic (exact) mass is 226 g/mol. The van der Waals surface area contributed by atoms with E-state index in [4.69, 9.17) is 9.31 Å². The van der Waals surface area contributed by atoms with Crippen LogP contribution in [0.15, 0.2) is 0 Å². The molecule has 0 aromatic carbocycles. The summed E-state index contributed by atoms with van der Waals surface area (Å²) in [5, 5.41) is 0. The van der Waals surface area contributed by atoms with Crippen LogP contribution in [0.25, 0.3) is 0 Å². The van der Waals surface area contributed by atoms with Crippen LogP contribution in [0.3, 0.4) is 0 Å². The maximum Gasteiger partial charge on any atom is 0.454 e. The van der Waals surface area contributed by atoms with Crippen LogP contribution in [0.2, 0.25) is 6.82 Å². The Morgan fingerprint density at radius 3 is 1.44 bits per heavy atom. The average Bonchev–Trinajstić information content (AvgIpc) is 2.59. The highest BCUT2D eigenvalue weighted by Crippen LogP contribution is 2.36. The van der Waals surface area contributed by atoms with Crippen LogP contribution in [-0.2, 0) is 9.31 Å². The Morgan fingerprint density at radius 2 is 1.31 bits per heavy atom. The fourth-order valence-electron chi connectivity index (χ4n) is 2.27. The second kappa shape index (κ2) is 5.09. The van der Waals surface area contributed by atoms with Crippen molar-refractivity contribution in [3.05, 3.63) is 0 Å². The molecule has 0 atom stereocenters. The third-order valence-corrected chi connectivity index (χ3v) is 4.01. The molecular formula is C13H27BO2. The molecule has 1 aliphatic carbocycles. The summed E-state index contributed by atoms with van der Waals surface area (Å²) in [6.45, 7) is 12.5. The largest absolute Gasteiger partial charge is 0.454 e. The van der Waals surface area contributed by atoms with Crippen LogP contribution >= 0.6 is 0 Å². The minimum Gasteiger partial charge on any atom is -0.403 e. The molecule has 2 aliphatic rings. The van der Waals surface area contributed by atoms with Gasteiger partial charge in [0.1, 0.15) is 0 Å². The Kier molecular flexibility index (Phi) is 4.47. The highest BCUT2D eigenvalue weighted by molar-refractivity contribution is 6.43. The Balaban J connectivity index is 0.000000181. The fraction of sp³-hybridized carbons (Fsp3) is 1.00. The lowest BCUT2D eigenvalue weighted by Gasteiger charge is -2.32. The van der Waals surface area contributed by atoms with Gasteiger partial charge in [0.15, 0.2) is 0 Å². The van der Waals surface area contributed by atoms with Gasteiger partial charge in [-0.25, -0.2) is 0 Å². The molecule has 0 bridgehead atoms. The minimum atomic E-state index is -0.160. The second-order valence-corrected chi connectivity index (χ2v) is 6.21. The molecule has 0 radical (unpaired) electrons. The molecule has 2 rings (SSSR count). The van der Waals surface area contributed by atoms with E-state index in [-0.39, 0.29) is 18.3 Å². The van der Waals surface area contributed by atoms with E-state index < -0.39 is 0 Å². The summed E-state index contributed by atoms with van der Waals surface area (Å²) in [4.78, 5) is 0. The van der Waals surface area contributed by atoms with Crippen molar-refractivity contribution in [2.24, 2.45) is 5.92 Å². The van der Waals surface area contributed by atoms with Gasteiger partial charge < -0.3 is 9.31 Å². The van der Waals surface area contributed by atoms with Gasteiger partial charge >= 0.3 is 7.12 Å². The summed E-state index contributed by atoms with van der Waals surface area (Å²) in [6.07, 6.45) is 5.95. The van der Waals surface area contributed by atoms with Crippen molar-refractivity contribution < 1.29 is 9.31 Å². The van der Waals surface area contributed by atoms with E-state index in [0.717, 1.165) is 5.92 Å². The molecule has 1 aliphatic heterocycles. The van der Waals surface area contributed by atoms with Crippen molar-refractivity contribution in [1.29, 1.82) is 0 Å². The van der Waals surface area contributed by atoms with Crippen LogP contribution in [0.4, 0.5) is 0 Å². The van der Waals surface area contributed by atoms with Crippen molar-refractivity contribution in [3.63, 3.8) is 0 Å². The van der Waals surface area contributed by atoms with Crippen LogP contribution in [-0.4, -0.2) is 18.3 Å². The lowest BCUT2D eigenvalue weighted by Crippen LogP contribution is -2.41. The van der Waals surface area contributed by atoms with Gasteiger partial charge in [-0.05, 0) is 40.4 Å². The molecule has 0 aromatic rings. The van der Waals surface area contributed by atoms with E-state index in [1.54, 1.807) is 0 Å². The lowest BCUT2D eigenvalue weighted by atomic mass is 9.90. The highest BCUT2D eigenvalue weighted by atomic mass is 16.7. The molecule has 16 heavy (non-hydrogen) atoms. The predicted octanol–water partition coefficient (Wildman–Crippen LogP) is 3.90. The van der Waals surface area contributed by atoms with Crippen molar-refractivity contribution >= 4 is 7.12 Å². The topological polar surface area (TPSA) is 18.5 Å². The molecule has 94 valence electrons. The third kappa shape index (κ3) is 3.49. The maximum absolute atomic E-state index is 5.54. The van der Waals surface area contributed by atoms with Crippen LogP contribution < -0.4 is 0 Å². The Bertz CT molecular complexity index is 204. The predicted molar refractivity (Wildman–Crippen MR) is 69.6 cm³/mol.